The first-order valence-electron chi connectivity index (χ1n) is 9.19. The molecule has 0 amide bonds. The third-order valence-electron chi connectivity index (χ3n) is 5.54. The predicted octanol–water partition coefficient (Wildman–Crippen LogP) is 5.91. The fraction of sp³-hybridized carbons (Fsp3) is 1.00. The van der Waals surface area contributed by atoms with Crippen molar-refractivity contribution in [3.05, 3.63) is 0 Å². The Morgan fingerprint density at radius 3 is 1.44 bits per heavy atom. The molecule has 4 unspecified atom stereocenters. The number of piperidine rings is 1. The molecule has 190 valence electrons. The van der Waals surface area contributed by atoms with E-state index in [0.29, 0.717) is 0 Å². The van der Waals surface area contributed by atoms with E-state index in [0.717, 1.165) is 0 Å². The molecule has 0 N–H and O–H groups in total. The van der Waals surface area contributed by atoms with Gasteiger partial charge in [-0.1, -0.05) is 0 Å². The van der Waals surface area contributed by atoms with Crippen molar-refractivity contribution in [2.24, 2.45) is 5.92 Å². The number of halogens is 14. The van der Waals surface area contributed by atoms with Crippen LogP contribution in [0.4, 0.5) is 61.5 Å². The highest BCUT2D eigenvalue weighted by atomic mass is 19.4. The van der Waals surface area contributed by atoms with Crippen molar-refractivity contribution in [3.63, 3.8) is 0 Å². The van der Waals surface area contributed by atoms with E-state index in [-0.39, 0.29) is 4.90 Å². The predicted molar refractivity (Wildman–Crippen MR) is 78.9 cm³/mol. The second-order valence-electron chi connectivity index (χ2n) is 7.74. The van der Waals surface area contributed by atoms with Gasteiger partial charge in [0.25, 0.3) is 12.1 Å². The van der Waals surface area contributed by atoms with Crippen LogP contribution in [0, 0.1) is 5.92 Å². The van der Waals surface area contributed by atoms with Crippen molar-refractivity contribution in [1.29, 1.82) is 0 Å². The number of ether oxygens (including phenoxy) is 1. The highest BCUT2D eigenvalue weighted by molar-refractivity contribution is 5.02. The van der Waals surface area contributed by atoms with Crippen molar-refractivity contribution in [2.45, 2.75) is 80.5 Å². The summed E-state index contributed by atoms with van der Waals surface area (Å²) in [4.78, 5) is 0.0186. The maximum Gasteiger partial charge on any atom is 0.425 e. The molecule has 2 nitrogen and oxygen atoms in total. The number of likely N-dealkylation sites (tertiary alicyclic amines) is 1. The number of alkyl halides is 14. The number of hydrogen-bond donors (Lipinski definition) is 0. The SMILES string of the molecule is FC(C(F)(F)F)C(F)(F)C1CCC(C(F)(F)C(N2CCC(C(F)(F)F)CC2)C(F)(F)F)O1. The van der Waals surface area contributed by atoms with E-state index < -0.39 is 99.5 Å². The lowest BCUT2D eigenvalue weighted by Crippen LogP contribution is -2.62. The first-order valence-corrected chi connectivity index (χ1v) is 9.19. The zero-order valence-corrected chi connectivity index (χ0v) is 15.8. The third-order valence-corrected chi connectivity index (χ3v) is 5.54. The molecule has 2 rings (SSSR count). The van der Waals surface area contributed by atoms with Gasteiger partial charge in [0, 0.05) is 0 Å². The molecule has 0 saturated carbocycles. The van der Waals surface area contributed by atoms with Gasteiger partial charge in [0.2, 0.25) is 0 Å². The Morgan fingerprint density at radius 2 is 1.06 bits per heavy atom. The molecule has 0 bridgehead atoms. The molecule has 2 heterocycles. The zero-order valence-electron chi connectivity index (χ0n) is 15.8. The van der Waals surface area contributed by atoms with Gasteiger partial charge in [0.1, 0.15) is 12.2 Å². The topological polar surface area (TPSA) is 12.5 Å². The van der Waals surface area contributed by atoms with Gasteiger partial charge < -0.3 is 4.74 Å². The van der Waals surface area contributed by atoms with E-state index in [1.54, 1.807) is 0 Å². The summed E-state index contributed by atoms with van der Waals surface area (Å²) in [6, 6.07) is -3.73. The second-order valence-corrected chi connectivity index (χ2v) is 7.74. The van der Waals surface area contributed by atoms with Gasteiger partial charge in [-0.25, -0.2) is 22.0 Å². The molecule has 0 spiro atoms. The Kier molecular flexibility index (Phi) is 7.32. The summed E-state index contributed by atoms with van der Waals surface area (Å²) in [7, 11) is 0. The van der Waals surface area contributed by atoms with Crippen molar-refractivity contribution in [2.75, 3.05) is 13.1 Å². The smallest absolute Gasteiger partial charge is 0.362 e. The van der Waals surface area contributed by atoms with Crippen LogP contribution in [0.3, 0.4) is 0 Å². The molecule has 0 aliphatic carbocycles. The lowest BCUT2D eigenvalue weighted by molar-refractivity contribution is -0.296. The van der Waals surface area contributed by atoms with Gasteiger partial charge in [-0.05, 0) is 38.8 Å². The third kappa shape index (κ3) is 5.53. The summed E-state index contributed by atoms with van der Waals surface area (Å²) in [5.41, 5.74) is 0. The molecule has 2 fully saturated rings. The van der Waals surface area contributed by atoms with Crippen LogP contribution >= 0.6 is 0 Å². The van der Waals surface area contributed by atoms with Gasteiger partial charge in [-0.3, -0.25) is 4.90 Å². The van der Waals surface area contributed by atoms with E-state index in [1.165, 1.54) is 0 Å². The maximum absolute atomic E-state index is 14.7. The second kappa shape index (κ2) is 8.62. The Bertz CT molecular complexity index is 634. The minimum atomic E-state index is -6.08. The molecule has 0 radical (unpaired) electrons. The number of nitrogens with zero attached hydrogens (tertiary/aromatic N) is 1. The van der Waals surface area contributed by atoms with E-state index >= 15 is 0 Å². The molecule has 2 aliphatic rings. The van der Waals surface area contributed by atoms with Gasteiger partial charge in [-0.15, -0.1) is 0 Å². The minimum Gasteiger partial charge on any atom is -0.362 e. The zero-order chi connectivity index (χ0) is 24.9. The summed E-state index contributed by atoms with van der Waals surface area (Å²) in [6.07, 6.45) is -31.8. The van der Waals surface area contributed by atoms with Crippen LogP contribution in [0.2, 0.25) is 0 Å². The van der Waals surface area contributed by atoms with E-state index in [4.69, 9.17) is 0 Å². The molecule has 4 atom stereocenters. The minimum absolute atomic E-state index is 0.0186. The standard InChI is InChI=1S/C16H17F14NO/c17-10(15(25,26)27)12(18,19)8-1-2-9(32-8)13(20,21)11(16(28,29)30)31-5-3-7(4-6-31)14(22,23)24/h7-11H,1-6H2. The first-order chi connectivity index (χ1) is 14.2. The fourth-order valence-electron chi connectivity index (χ4n) is 3.91. The van der Waals surface area contributed by atoms with Crippen molar-refractivity contribution >= 4 is 0 Å². The number of hydrogen-bond acceptors (Lipinski definition) is 2. The Balaban J connectivity index is 2.20. The molecule has 32 heavy (non-hydrogen) atoms. The van der Waals surface area contributed by atoms with Crippen molar-refractivity contribution in [3.8, 4) is 0 Å². The molecule has 16 heteroatoms. The Hall–Kier alpha value is -1.06. The lowest BCUT2D eigenvalue weighted by Gasteiger charge is -2.43. The van der Waals surface area contributed by atoms with Crippen molar-refractivity contribution < 1.29 is 66.2 Å². The van der Waals surface area contributed by atoms with Gasteiger partial charge in [0.15, 0.2) is 6.04 Å². The Labute approximate surface area is 171 Å². The monoisotopic (exact) mass is 505 g/mol. The van der Waals surface area contributed by atoms with E-state index in [2.05, 4.69) is 4.74 Å². The fourth-order valence-corrected chi connectivity index (χ4v) is 3.91. The average molecular weight is 505 g/mol. The molecule has 2 saturated heterocycles. The van der Waals surface area contributed by atoms with Crippen LogP contribution in [-0.4, -0.2) is 72.8 Å². The van der Waals surface area contributed by atoms with Crippen LogP contribution in [0.15, 0.2) is 0 Å². The molecular weight excluding hydrogens is 488 g/mol. The molecule has 0 aromatic heterocycles. The molecular formula is C16H17F14NO. The van der Waals surface area contributed by atoms with Crippen molar-refractivity contribution in [1.82, 2.24) is 4.90 Å². The quantitative estimate of drug-likeness (QED) is 0.431. The normalized spacial score (nSPS) is 27.6. The number of rotatable bonds is 5. The first kappa shape index (κ1) is 27.2. The summed E-state index contributed by atoms with van der Waals surface area (Å²) >= 11 is 0. The van der Waals surface area contributed by atoms with Crippen LogP contribution in [-0.2, 0) is 4.74 Å². The van der Waals surface area contributed by atoms with E-state index in [1.807, 2.05) is 0 Å². The van der Waals surface area contributed by atoms with Crippen LogP contribution in [0.25, 0.3) is 0 Å². The lowest BCUT2D eigenvalue weighted by atomic mass is 9.92. The molecule has 0 aromatic carbocycles. The van der Waals surface area contributed by atoms with Crippen LogP contribution in [0.1, 0.15) is 25.7 Å². The van der Waals surface area contributed by atoms with Crippen LogP contribution in [0.5, 0.6) is 0 Å². The molecule has 2 aliphatic heterocycles. The van der Waals surface area contributed by atoms with Gasteiger partial charge >= 0.3 is 24.5 Å². The highest BCUT2D eigenvalue weighted by Crippen LogP contribution is 2.48. The summed E-state index contributed by atoms with van der Waals surface area (Å²) in [5, 5.41) is 0. The summed E-state index contributed by atoms with van der Waals surface area (Å²) < 4.78 is 189. The highest BCUT2D eigenvalue weighted by Gasteiger charge is 2.67. The largest absolute Gasteiger partial charge is 0.425 e. The van der Waals surface area contributed by atoms with Gasteiger partial charge in [-0.2, -0.15) is 39.5 Å². The average Bonchev–Trinajstić information content (AvgIpc) is 3.10. The maximum atomic E-state index is 14.7. The van der Waals surface area contributed by atoms with Gasteiger partial charge in [0.05, 0.1) is 5.92 Å². The summed E-state index contributed by atoms with van der Waals surface area (Å²) in [5.74, 6) is -12.4. The van der Waals surface area contributed by atoms with E-state index in [9.17, 15) is 61.5 Å². The molecule has 0 aromatic rings. The Morgan fingerprint density at radius 1 is 0.625 bits per heavy atom. The van der Waals surface area contributed by atoms with Crippen LogP contribution < -0.4 is 0 Å². The summed E-state index contributed by atoms with van der Waals surface area (Å²) in [6.45, 7) is -2.09.